The van der Waals surface area contributed by atoms with Crippen molar-refractivity contribution in [2.45, 2.75) is 31.5 Å². The molecule has 2 heterocycles. The summed E-state index contributed by atoms with van der Waals surface area (Å²) >= 11 is 0. The Morgan fingerprint density at radius 2 is 1.89 bits per heavy atom. The van der Waals surface area contributed by atoms with Crippen LogP contribution in [0.5, 0.6) is 5.75 Å². The van der Waals surface area contributed by atoms with Crippen LogP contribution in [0.1, 0.15) is 34.8 Å². The molecule has 6 heteroatoms. The van der Waals surface area contributed by atoms with E-state index in [1.165, 1.54) is 12.1 Å². The first kappa shape index (κ1) is 17.5. The smallest absolute Gasteiger partial charge is 0.255 e. The molecule has 1 spiro atoms. The maximum absolute atomic E-state index is 13.8. The van der Waals surface area contributed by atoms with Crippen LogP contribution in [-0.2, 0) is 16.9 Å². The maximum atomic E-state index is 13.8. The molecule has 0 aliphatic carbocycles. The van der Waals surface area contributed by atoms with Crippen molar-refractivity contribution >= 4 is 11.8 Å². The largest absolute Gasteiger partial charge is 0.497 e. The van der Waals surface area contributed by atoms with Crippen LogP contribution in [0.15, 0.2) is 42.5 Å². The van der Waals surface area contributed by atoms with Crippen molar-refractivity contribution < 1.29 is 18.7 Å². The number of rotatable bonds is 3. The van der Waals surface area contributed by atoms with E-state index in [0.29, 0.717) is 12.0 Å². The van der Waals surface area contributed by atoms with E-state index in [1.54, 1.807) is 30.0 Å². The topological polar surface area (TPSA) is 49.9 Å². The van der Waals surface area contributed by atoms with Gasteiger partial charge in [-0.3, -0.25) is 9.59 Å². The van der Waals surface area contributed by atoms with Gasteiger partial charge in [-0.05, 0) is 36.8 Å². The van der Waals surface area contributed by atoms with Crippen molar-refractivity contribution in [3.63, 3.8) is 0 Å². The molecule has 0 aromatic heterocycles. The summed E-state index contributed by atoms with van der Waals surface area (Å²) in [6, 6.07) is 11.5. The number of carbonyl (C=O) groups excluding carboxylic acids is 2. The third kappa shape index (κ3) is 2.43. The van der Waals surface area contributed by atoms with Crippen LogP contribution in [0.2, 0.25) is 0 Å². The van der Waals surface area contributed by atoms with E-state index in [2.05, 4.69) is 0 Å². The van der Waals surface area contributed by atoms with Crippen molar-refractivity contribution in [1.29, 1.82) is 0 Å². The maximum Gasteiger partial charge on any atom is 0.255 e. The number of benzene rings is 2. The second kappa shape index (κ2) is 6.08. The molecule has 2 aliphatic rings. The molecule has 27 heavy (non-hydrogen) atoms. The molecule has 0 bridgehead atoms. The van der Waals surface area contributed by atoms with Gasteiger partial charge in [-0.25, -0.2) is 4.39 Å². The number of amides is 2. The van der Waals surface area contributed by atoms with Gasteiger partial charge in [-0.15, -0.1) is 0 Å². The Hall–Kier alpha value is -2.89. The molecule has 0 saturated carbocycles. The number of ether oxygens (including phenoxy) is 1. The van der Waals surface area contributed by atoms with Gasteiger partial charge in [0.15, 0.2) is 5.54 Å². The van der Waals surface area contributed by atoms with Crippen LogP contribution < -0.4 is 4.74 Å². The monoisotopic (exact) mass is 368 g/mol. The molecule has 5 nitrogen and oxygen atoms in total. The fourth-order valence-electron chi connectivity index (χ4n) is 4.23. The van der Waals surface area contributed by atoms with E-state index in [-0.39, 0.29) is 30.0 Å². The fourth-order valence-corrected chi connectivity index (χ4v) is 4.23. The van der Waals surface area contributed by atoms with Gasteiger partial charge in [0, 0.05) is 37.2 Å². The number of nitrogens with zero attached hydrogens (tertiary/aromatic N) is 2. The van der Waals surface area contributed by atoms with Crippen molar-refractivity contribution in [2.24, 2.45) is 0 Å². The highest BCUT2D eigenvalue weighted by atomic mass is 19.1. The summed E-state index contributed by atoms with van der Waals surface area (Å²) in [5, 5.41) is 0. The predicted octanol–water partition coefficient (Wildman–Crippen LogP) is 2.94. The molecule has 2 aromatic carbocycles. The molecule has 1 fully saturated rings. The third-order valence-electron chi connectivity index (χ3n) is 5.79. The second-order valence-corrected chi connectivity index (χ2v) is 7.26. The van der Waals surface area contributed by atoms with Gasteiger partial charge < -0.3 is 14.5 Å². The zero-order chi connectivity index (χ0) is 19.3. The molecular weight excluding hydrogens is 347 g/mol. The van der Waals surface area contributed by atoms with Crippen molar-refractivity contribution in [3.05, 3.63) is 65.0 Å². The molecule has 4 rings (SSSR count). The lowest BCUT2D eigenvalue weighted by molar-refractivity contribution is -0.136. The minimum absolute atomic E-state index is 0.0142. The molecule has 0 N–H and O–H groups in total. The Labute approximate surface area is 157 Å². The van der Waals surface area contributed by atoms with Crippen LogP contribution >= 0.6 is 0 Å². The lowest BCUT2D eigenvalue weighted by Crippen LogP contribution is -2.48. The standard InChI is InChI=1S/C21H21FN2O3/c1-13-11-21(20(26)23(13)2)18-9-6-15(22)10-17(18)19(25)24(21)12-14-4-7-16(27-3)8-5-14/h4-10,13H,11-12H2,1-3H3/t13-,21-/m0/s1. The van der Waals surface area contributed by atoms with Crippen molar-refractivity contribution in [1.82, 2.24) is 9.80 Å². The molecule has 0 radical (unpaired) electrons. The quantitative estimate of drug-likeness (QED) is 0.837. The Morgan fingerprint density at radius 3 is 2.48 bits per heavy atom. The number of hydrogen-bond donors (Lipinski definition) is 0. The van der Waals surface area contributed by atoms with Gasteiger partial charge in [0.2, 0.25) is 0 Å². The lowest BCUT2D eigenvalue weighted by Gasteiger charge is -2.34. The number of carbonyl (C=O) groups is 2. The average molecular weight is 368 g/mol. The molecular formula is C21H21FN2O3. The van der Waals surface area contributed by atoms with Crippen molar-refractivity contribution in [2.75, 3.05) is 14.2 Å². The molecule has 2 amide bonds. The van der Waals surface area contributed by atoms with E-state index in [0.717, 1.165) is 11.3 Å². The van der Waals surface area contributed by atoms with E-state index in [9.17, 15) is 14.0 Å². The van der Waals surface area contributed by atoms with Gasteiger partial charge in [-0.2, -0.15) is 0 Å². The summed E-state index contributed by atoms with van der Waals surface area (Å²) in [5.41, 5.74) is 0.684. The first-order chi connectivity index (χ1) is 12.9. The van der Waals surface area contributed by atoms with Gasteiger partial charge in [0.25, 0.3) is 11.8 Å². The molecule has 2 aromatic rings. The van der Waals surface area contributed by atoms with Crippen LogP contribution in [0, 0.1) is 5.82 Å². The van der Waals surface area contributed by atoms with Gasteiger partial charge in [-0.1, -0.05) is 18.2 Å². The first-order valence-corrected chi connectivity index (χ1v) is 8.90. The van der Waals surface area contributed by atoms with Gasteiger partial charge in [0.1, 0.15) is 11.6 Å². The summed E-state index contributed by atoms with van der Waals surface area (Å²) < 4.78 is 19.0. The second-order valence-electron chi connectivity index (χ2n) is 7.26. The molecule has 0 unspecified atom stereocenters. The van der Waals surface area contributed by atoms with E-state index in [1.807, 2.05) is 31.2 Å². The summed E-state index contributed by atoms with van der Waals surface area (Å²) in [6.07, 6.45) is 0.489. The van der Waals surface area contributed by atoms with Crippen LogP contribution in [0.3, 0.4) is 0 Å². The summed E-state index contributed by atoms with van der Waals surface area (Å²) in [7, 11) is 3.34. The van der Waals surface area contributed by atoms with Crippen LogP contribution in [-0.4, -0.2) is 41.8 Å². The minimum atomic E-state index is -1.08. The highest BCUT2D eigenvalue weighted by molar-refractivity contribution is 6.07. The normalized spacial score (nSPS) is 24.1. The number of likely N-dealkylation sites (tertiary alicyclic amines) is 1. The highest BCUT2D eigenvalue weighted by Crippen LogP contribution is 2.48. The summed E-state index contributed by atoms with van der Waals surface area (Å²) in [4.78, 5) is 29.7. The number of hydrogen-bond acceptors (Lipinski definition) is 3. The summed E-state index contributed by atoms with van der Waals surface area (Å²) in [5.74, 6) is -0.189. The average Bonchev–Trinajstić information content (AvgIpc) is 3.03. The Balaban J connectivity index is 1.81. The van der Waals surface area contributed by atoms with E-state index >= 15 is 0 Å². The lowest BCUT2D eigenvalue weighted by atomic mass is 9.86. The van der Waals surface area contributed by atoms with E-state index in [4.69, 9.17) is 4.74 Å². The van der Waals surface area contributed by atoms with E-state index < -0.39 is 11.4 Å². The van der Waals surface area contributed by atoms with Crippen molar-refractivity contribution in [3.8, 4) is 5.75 Å². The Morgan fingerprint density at radius 1 is 1.19 bits per heavy atom. The molecule has 140 valence electrons. The number of fused-ring (bicyclic) bond motifs is 2. The fraction of sp³-hybridized carbons (Fsp3) is 0.333. The number of likely N-dealkylation sites (N-methyl/N-ethyl adjacent to an activating group) is 1. The first-order valence-electron chi connectivity index (χ1n) is 8.90. The predicted molar refractivity (Wildman–Crippen MR) is 97.8 cm³/mol. The number of halogens is 1. The van der Waals surface area contributed by atoms with Gasteiger partial charge >= 0.3 is 0 Å². The van der Waals surface area contributed by atoms with Crippen LogP contribution in [0.4, 0.5) is 4.39 Å². The third-order valence-corrected chi connectivity index (χ3v) is 5.79. The molecule has 1 saturated heterocycles. The number of methoxy groups -OCH3 is 1. The SMILES string of the molecule is COc1ccc(CN2C(=O)c3cc(F)ccc3[C@]23C[C@H](C)N(C)C3=O)cc1. The molecule has 2 atom stereocenters. The Bertz CT molecular complexity index is 928. The van der Waals surface area contributed by atoms with Gasteiger partial charge in [0.05, 0.1) is 7.11 Å². The molecule has 2 aliphatic heterocycles. The Kier molecular flexibility index (Phi) is 3.94. The summed E-state index contributed by atoms with van der Waals surface area (Å²) in [6.45, 7) is 2.23. The van der Waals surface area contributed by atoms with Crippen LogP contribution in [0.25, 0.3) is 0 Å². The highest BCUT2D eigenvalue weighted by Gasteiger charge is 2.60. The minimum Gasteiger partial charge on any atom is -0.497 e. The zero-order valence-corrected chi connectivity index (χ0v) is 15.5. The zero-order valence-electron chi connectivity index (χ0n) is 15.5.